The highest BCUT2D eigenvalue weighted by Crippen LogP contribution is 1.95. The lowest BCUT2D eigenvalue weighted by atomic mass is 10.1. The highest BCUT2D eigenvalue weighted by Gasteiger charge is 2.07. The predicted molar refractivity (Wildman–Crippen MR) is 41.0 cm³/mol. The van der Waals surface area contributed by atoms with Crippen LogP contribution in [-0.2, 0) is 4.79 Å². The molecule has 0 bridgehead atoms. The van der Waals surface area contributed by atoms with Gasteiger partial charge in [0.15, 0.2) is 0 Å². The maximum Gasteiger partial charge on any atom is 0.217 e. The molecule has 0 atom stereocenters. The molecule has 0 saturated carbocycles. The molecule has 0 aliphatic rings. The fourth-order valence-corrected chi connectivity index (χ4v) is 0.888. The van der Waals surface area contributed by atoms with E-state index in [1.54, 1.807) is 0 Å². The van der Waals surface area contributed by atoms with Gasteiger partial charge in [-0.2, -0.15) is 0 Å². The van der Waals surface area contributed by atoms with Crippen molar-refractivity contribution in [3.05, 3.63) is 0 Å². The van der Waals surface area contributed by atoms with Gasteiger partial charge in [0, 0.05) is 26.2 Å². The SMILES string of the molecule is CC(=O)NC(CCO)CCO. The van der Waals surface area contributed by atoms with Gasteiger partial charge in [-0.05, 0) is 12.8 Å². The summed E-state index contributed by atoms with van der Waals surface area (Å²) in [6.07, 6.45) is 1.00. The zero-order valence-corrected chi connectivity index (χ0v) is 6.71. The highest BCUT2D eigenvalue weighted by molar-refractivity contribution is 5.73. The third kappa shape index (κ3) is 5.82. The molecule has 4 nitrogen and oxygen atoms in total. The molecule has 0 aromatic rings. The molecule has 11 heavy (non-hydrogen) atoms. The second-order valence-electron chi connectivity index (χ2n) is 2.42. The minimum Gasteiger partial charge on any atom is -0.396 e. The van der Waals surface area contributed by atoms with Gasteiger partial charge in [0.2, 0.25) is 5.91 Å². The number of nitrogens with one attached hydrogen (secondary N) is 1. The lowest BCUT2D eigenvalue weighted by Crippen LogP contribution is -2.34. The minimum absolute atomic E-state index is 0.0327. The first-order valence-corrected chi connectivity index (χ1v) is 3.69. The summed E-state index contributed by atoms with van der Waals surface area (Å²) in [7, 11) is 0. The molecule has 0 spiro atoms. The van der Waals surface area contributed by atoms with Crippen molar-refractivity contribution in [2.24, 2.45) is 0 Å². The summed E-state index contributed by atoms with van der Waals surface area (Å²) in [5.74, 6) is -0.128. The second-order valence-corrected chi connectivity index (χ2v) is 2.42. The van der Waals surface area contributed by atoms with Crippen molar-refractivity contribution in [2.45, 2.75) is 25.8 Å². The number of hydrogen-bond donors (Lipinski definition) is 3. The van der Waals surface area contributed by atoms with Crippen molar-refractivity contribution < 1.29 is 15.0 Å². The van der Waals surface area contributed by atoms with E-state index in [0.717, 1.165) is 0 Å². The quantitative estimate of drug-likeness (QED) is 0.497. The van der Waals surface area contributed by atoms with Crippen molar-refractivity contribution in [3.63, 3.8) is 0 Å². The van der Waals surface area contributed by atoms with Crippen LogP contribution in [-0.4, -0.2) is 35.4 Å². The molecule has 3 N–H and O–H groups in total. The summed E-state index contributed by atoms with van der Waals surface area (Å²) in [6.45, 7) is 1.48. The van der Waals surface area contributed by atoms with Crippen molar-refractivity contribution >= 4 is 5.91 Å². The third-order valence-electron chi connectivity index (χ3n) is 1.36. The van der Waals surface area contributed by atoms with Gasteiger partial charge in [0.1, 0.15) is 0 Å². The summed E-state index contributed by atoms with van der Waals surface area (Å²) in [6, 6.07) is -0.0949. The molecular formula is C7H15NO3. The van der Waals surface area contributed by atoms with Crippen LogP contribution in [0.1, 0.15) is 19.8 Å². The van der Waals surface area contributed by atoms with Crippen LogP contribution in [0.15, 0.2) is 0 Å². The van der Waals surface area contributed by atoms with E-state index in [2.05, 4.69) is 5.32 Å². The molecule has 0 fully saturated rings. The summed E-state index contributed by atoms with van der Waals surface area (Å²) < 4.78 is 0. The minimum atomic E-state index is -0.128. The van der Waals surface area contributed by atoms with Gasteiger partial charge in [0.05, 0.1) is 0 Å². The number of amides is 1. The maximum absolute atomic E-state index is 10.5. The first kappa shape index (κ1) is 10.4. The Kier molecular flexibility index (Phi) is 5.78. The van der Waals surface area contributed by atoms with E-state index in [1.165, 1.54) is 6.92 Å². The molecule has 0 aromatic carbocycles. The molecule has 0 rings (SSSR count). The number of aliphatic hydroxyl groups is 2. The van der Waals surface area contributed by atoms with Crippen LogP contribution in [0.3, 0.4) is 0 Å². The topological polar surface area (TPSA) is 69.6 Å². The van der Waals surface area contributed by atoms with Crippen LogP contribution >= 0.6 is 0 Å². The first-order chi connectivity index (χ1) is 5.20. The molecule has 0 aliphatic carbocycles. The van der Waals surface area contributed by atoms with Crippen molar-refractivity contribution in [1.29, 1.82) is 0 Å². The number of carbonyl (C=O) groups is 1. The molecule has 1 amide bonds. The van der Waals surface area contributed by atoms with Crippen LogP contribution < -0.4 is 5.32 Å². The Bertz CT molecular complexity index is 110. The standard InChI is InChI=1S/C7H15NO3/c1-6(11)8-7(2-4-9)3-5-10/h7,9-10H,2-5H2,1H3,(H,8,11). The summed E-state index contributed by atoms with van der Waals surface area (Å²) >= 11 is 0. The second kappa shape index (κ2) is 6.12. The van der Waals surface area contributed by atoms with Gasteiger partial charge < -0.3 is 15.5 Å². The van der Waals surface area contributed by atoms with Gasteiger partial charge in [-0.1, -0.05) is 0 Å². The average molecular weight is 161 g/mol. The molecule has 0 radical (unpaired) electrons. The molecule has 66 valence electrons. The smallest absolute Gasteiger partial charge is 0.217 e. The molecule has 4 heteroatoms. The van der Waals surface area contributed by atoms with Crippen LogP contribution in [0.4, 0.5) is 0 Å². The number of rotatable bonds is 5. The number of hydrogen-bond acceptors (Lipinski definition) is 3. The predicted octanol–water partition coefficient (Wildman–Crippen LogP) is -0.744. The maximum atomic E-state index is 10.5. The first-order valence-electron chi connectivity index (χ1n) is 3.69. The molecule has 0 saturated heterocycles. The average Bonchev–Trinajstić information content (AvgIpc) is 1.87. The van der Waals surface area contributed by atoms with E-state index in [-0.39, 0.29) is 25.2 Å². The van der Waals surface area contributed by atoms with Crippen LogP contribution in [0.2, 0.25) is 0 Å². The molecule has 0 unspecified atom stereocenters. The Morgan fingerprint density at radius 1 is 1.36 bits per heavy atom. The fourth-order valence-electron chi connectivity index (χ4n) is 0.888. The highest BCUT2D eigenvalue weighted by atomic mass is 16.3. The summed E-state index contributed by atoms with van der Waals surface area (Å²) in [5.41, 5.74) is 0. The summed E-state index contributed by atoms with van der Waals surface area (Å²) in [4.78, 5) is 10.5. The number of carbonyl (C=O) groups excluding carboxylic acids is 1. The summed E-state index contributed by atoms with van der Waals surface area (Å²) in [5, 5.41) is 19.7. The zero-order valence-electron chi connectivity index (χ0n) is 6.71. The molecule has 0 aromatic heterocycles. The van der Waals surface area contributed by atoms with E-state index >= 15 is 0 Å². The van der Waals surface area contributed by atoms with Crippen molar-refractivity contribution in [3.8, 4) is 0 Å². The lowest BCUT2D eigenvalue weighted by molar-refractivity contribution is -0.119. The Morgan fingerprint density at radius 3 is 2.09 bits per heavy atom. The Balaban J connectivity index is 3.59. The van der Waals surface area contributed by atoms with Crippen LogP contribution in [0.5, 0.6) is 0 Å². The Labute approximate surface area is 66.2 Å². The van der Waals surface area contributed by atoms with Gasteiger partial charge in [-0.25, -0.2) is 0 Å². The van der Waals surface area contributed by atoms with Gasteiger partial charge in [-0.3, -0.25) is 4.79 Å². The van der Waals surface area contributed by atoms with E-state index in [1.807, 2.05) is 0 Å². The third-order valence-corrected chi connectivity index (χ3v) is 1.36. The van der Waals surface area contributed by atoms with E-state index in [9.17, 15) is 4.79 Å². The monoisotopic (exact) mass is 161 g/mol. The normalized spacial score (nSPS) is 10.2. The zero-order chi connectivity index (χ0) is 8.69. The lowest BCUT2D eigenvalue weighted by Gasteiger charge is -2.14. The fraction of sp³-hybridized carbons (Fsp3) is 0.857. The number of aliphatic hydroxyl groups excluding tert-OH is 2. The van der Waals surface area contributed by atoms with Crippen LogP contribution in [0, 0.1) is 0 Å². The van der Waals surface area contributed by atoms with Gasteiger partial charge in [0.25, 0.3) is 0 Å². The largest absolute Gasteiger partial charge is 0.396 e. The molecule has 0 aliphatic heterocycles. The Morgan fingerprint density at radius 2 is 1.82 bits per heavy atom. The molecule has 0 heterocycles. The van der Waals surface area contributed by atoms with E-state index < -0.39 is 0 Å². The van der Waals surface area contributed by atoms with Crippen molar-refractivity contribution in [2.75, 3.05) is 13.2 Å². The van der Waals surface area contributed by atoms with Gasteiger partial charge in [-0.15, -0.1) is 0 Å². The van der Waals surface area contributed by atoms with Crippen LogP contribution in [0.25, 0.3) is 0 Å². The van der Waals surface area contributed by atoms with Crippen molar-refractivity contribution in [1.82, 2.24) is 5.32 Å². The molecular weight excluding hydrogens is 146 g/mol. The van der Waals surface area contributed by atoms with E-state index in [4.69, 9.17) is 10.2 Å². The van der Waals surface area contributed by atoms with E-state index in [0.29, 0.717) is 12.8 Å². The Hall–Kier alpha value is -0.610. The van der Waals surface area contributed by atoms with Gasteiger partial charge >= 0.3 is 0 Å².